The fourth-order valence-electron chi connectivity index (χ4n) is 2.56. The molecule has 1 N–H and O–H groups in total. The first kappa shape index (κ1) is 13.4. The van der Waals surface area contributed by atoms with E-state index < -0.39 is 0 Å². The van der Waals surface area contributed by atoms with Gasteiger partial charge in [-0.05, 0) is 0 Å². The molecule has 0 unspecified atom stereocenters. The van der Waals surface area contributed by atoms with Crippen molar-refractivity contribution in [3.63, 3.8) is 0 Å². The van der Waals surface area contributed by atoms with Crippen molar-refractivity contribution in [2.24, 2.45) is 0 Å². The number of imidazole rings is 1. The Labute approximate surface area is 133 Å². The minimum Gasteiger partial charge on any atom is -0.333 e. The van der Waals surface area contributed by atoms with Crippen molar-refractivity contribution >= 4 is 0 Å². The zero-order chi connectivity index (χ0) is 15.5. The van der Waals surface area contributed by atoms with Crippen molar-refractivity contribution in [2.75, 3.05) is 0 Å². The highest BCUT2D eigenvalue weighted by Crippen LogP contribution is 2.32. The van der Waals surface area contributed by atoms with E-state index in [0.29, 0.717) is 0 Å². The monoisotopic (exact) mass is 297 g/mol. The SMILES string of the molecule is [c]1nc(-c2ccccc2)c(-c2nccnc2-c2ccccc2)[nH]1. The van der Waals surface area contributed by atoms with Crippen molar-refractivity contribution in [3.8, 4) is 33.9 Å². The van der Waals surface area contributed by atoms with E-state index >= 15 is 0 Å². The van der Waals surface area contributed by atoms with Crippen molar-refractivity contribution in [1.29, 1.82) is 0 Å². The topological polar surface area (TPSA) is 54.5 Å². The van der Waals surface area contributed by atoms with Gasteiger partial charge in [0.2, 0.25) is 0 Å². The molecule has 4 aromatic rings. The number of benzene rings is 2. The normalized spacial score (nSPS) is 10.6. The van der Waals surface area contributed by atoms with Gasteiger partial charge in [-0.3, -0.25) is 9.97 Å². The van der Waals surface area contributed by atoms with Gasteiger partial charge in [0.05, 0.1) is 17.1 Å². The second kappa shape index (κ2) is 5.85. The molecule has 4 rings (SSSR count). The minimum absolute atomic E-state index is 0.770. The molecule has 2 heterocycles. The van der Waals surface area contributed by atoms with Gasteiger partial charge >= 0.3 is 0 Å². The van der Waals surface area contributed by atoms with Crippen LogP contribution in [0.4, 0.5) is 0 Å². The van der Waals surface area contributed by atoms with E-state index in [2.05, 4.69) is 26.3 Å². The smallest absolute Gasteiger partial charge is 0.174 e. The first-order chi connectivity index (χ1) is 11.4. The molecule has 109 valence electrons. The van der Waals surface area contributed by atoms with Gasteiger partial charge in [-0.2, -0.15) is 0 Å². The largest absolute Gasteiger partial charge is 0.333 e. The number of hydrogen-bond acceptors (Lipinski definition) is 3. The predicted octanol–water partition coefficient (Wildman–Crippen LogP) is 4.00. The summed E-state index contributed by atoms with van der Waals surface area (Å²) in [5.41, 5.74) is 5.27. The Kier molecular flexibility index (Phi) is 3.41. The molecule has 0 saturated heterocycles. The van der Waals surface area contributed by atoms with Crippen LogP contribution in [0.5, 0.6) is 0 Å². The molecule has 0 bridgehead atoms. The highest BCUT2D eigenvalue weighted by Gasteiger charge is 2.16. The molecule has 4 nitrogen and oxygen atoms in total. The average Bonchev–Trinajstić information content (AvgIpc) is 3.13. The summed E-state index contributed by atoms with van der Waals surface area (Å²) in [5, 5.41) is 0. The van der Waals surface area contributed by atoms with E-state index in [1.165, 1.54) is 0 Å². The molecule has 0 aliphatic carbocycles. The summed E-state index contributed by atoms with van der Waals surface area (Å²) in [4.78, 5) is 16.5. The standard InChI is InChI=1S/C19H13N4/c1-3-7-14(8-4-1)16-18(21-12-11-20-16)19-17(22-13-23-19)15-9-5-2-6-10-15/h1-12H,(H,22,23). The summed E-state index contributed by atoms with van der Waals surface area (Å²) in [7, 11) is 0. The van der Waals surface area contributed by atoms with Crippen LogP contribution in [0.25, 0.3) is 33.9 Å². The van der Waals surface area contributed by atoms with Gasteiger partial charge in [0, 0.05) is 23.5 Å². The third-order valence-corrected chi connectivity index (χ3v) is 3.61. The van der Waals surface area contributed by atoms with Gasteiger partial charge in [0.15, 0.2) is 6.33 Å². The number of nitrogens with one attached hydrogen (secondary N) is 1. The van der Waals surface area contributed by atoms with E-state index in [1.54, 1.807) is 12.4 Å². The van der Waals surface area contributed by atoms with Crippen molar-refractivity contribution < 1.29 is 0 Å². The van der Waals surface area contributed by atoms with Gasteiger partial charge in [-0.25, -0.2) is 4.98 Å². The molecule has 23 heavy (non-hydrogen) atoms. The molecule has 0 spiro atoms. The summed E-state index contributed by atoms with van der Waals surface area (Å²) in [6.07, 6.45) is 6.23. The molecule has 0 fully saturated rings. The lowest BCUT2D eigenvalue weighted by Gasteiger charge is -2.08. The molecule has 0 amide bonds. The van der Waals surface area contributed by atoms with Crippen molar-refractivity contribution in [1.82, 2.24) is 19.9 Å². The number of hydrogen-bond donors (Lipinski definition) is 1. The van der Waals surface area contributed by atoms with Gasteiger partial charge in [0.1, 0.15) is 5.69 Å². The molecule has 0 aliphatic rings. The Morgan fingerprint density at radius 3 is 1.87 bits per heavy atom. The van der Waals surface area contributed by atoms with Crippen LogP contribution in [-0.4, -0.2) is 19.9 Å². The molecule has 0 aliphatic heterocycles. The maximum absolute atomic E-state index is 4.53. The van der Waals surface area contributed by atoms with E-state index in [-0.39, 0.29) is 0 Å². The molecular weight excluding hydrogens is 284 g/mol. The Bertz CT molecular complexity index is 914. The van der Waals surface area contributed by atoms with Gasteiger partial charge in [0.25, 0.3) is 0 Å². The molecule has 0 saturated carbocycles. The van der Waals surface area contributed by atoms with Crippen LogP contribution in [0.3, 0.4) is 0 Å². The van der Waals surface area contributed by atoms with Crippen LogP contribution < -0.4 is 0 Å². The Morgan fingerprint density at radius 2 is 1.22 bits per heavy atom. The zero-order valence-corrected chi connectivity index (χ0v) is 12.3. The Hall–Kier alpha value is -3.27. The molecule has 4 heteroatoms. The van der Waals surface area contributed by atoms with E-state index in [1.807, 2.05) is 60.7 Å². The van der Waals surface area contributed by atoms with Crippen LogP contribution >= 0.6 is 0 Å². The van der Waals surface area contributed by atoms with Gasteiger partial charge < -0.3 is 4.98 Å². The number of rotatable bonds is 3. The maximum Gasteiger partial charge on any atom is 0.174 e. The lowest BCUT2D eigenvalue weighted by molar-refractivity contribution is 1.19. The fourth-order valence-corrected chi connectivity index (χ4v) is 2.56. The first-order valence-corrected chi connectivity index (χ1v) is 7.32. The highest BCUT2D eigenvalue weighted by atomic mass is 14.9. The summed E-state index contributed by atoms with van der Waals surface area (Å²) in [6.45, 7) is 0. The lowest BCUT2D eigenvalue weighted by atomic mass is 10.0. The predicted molar refractivity (Wildman–Crippen MR) is 89.3 cm³/mol. The van der Waals surface area contributed by atoms with Crippen LogP contribution in [0.1, 0.15) is 0 Å². The van der Waals surface area contributed by atoms with Crippen LogP contribution in [-0.2, 0) is 0 Å². The maximum atomic E-state index is 4.53. The van der Waals surface area contributed by atoms with Crippen molar-refractivity contribution in [3.05, 3.63) is 79.4 Å². The van der Waals surface area contributed by atoms with Gasteiger partial charge in [-0.15, -0.1) is 0 Å². The van der Waals surface area contributed by atoms with E-state index in [9.17, 15) is 0 Å². The fraction of sp³-hybridized carbons (Fsp3) is 0. The van der Waals surface area contributed by atoms with Crippen LogP contribution in [0.2, 0.25) is 0 Å². The molecule has 2 aromatic carbocycles. The molecule has 0 atom stereocenters. The summed E-state index contributed by atoms with van der Waals surface area (Å²) < 4.78 is 0. The second-order valence-corrected chi connectivity index (χ2v) is 5.06. The molecule has 2 aromatic heterocycles. The summed E-state index contributed by atoms with van der Waals surface area (Å²) >= 11 is 0. The van der Waals surface area contributed by atoms with Crippen molar-refractivity contribution in [2.45, 2.75) is 0 Å². The van der Waals surface area contributed by atoms with E-state index in [0.717, 1.165) is 33.9 Å². The molecule has 1 radical (unpaired) electrons. The number of aromatic amines is 1. The van der Waals surface area contributed by atoms with Crippen LogP contribution in [0, 0.1) is 6.33 Å². The summed E-state index contributed by atoms with van der Waals surface area (Å²) in [5.74, 6) is 0. The quantitative estimate of drug-likeness (QED) is 0.622. The summed E-state index contributed by atoms with van der Waals surface area (Å²) in [6, 6.07) is 20.0. The zero-order valence-electron chi connectivity index (χ0n) is 12.3. The average molecular weight is 297 g/mol. The number of H-pyrrole nitrogens is 1. The Morgan fingerprint density at radius 1 is 0.652 bits per heavy atom. The Balaban J connectivity index is 1.90. The molecular formula is C19H13N4. The highest BCUT2D eigenvalue weighted by molar-refractivity contribution is 5.83. The number of nitrogens with zero attached hydrogens (tertiary/aromatic N) is 3. The third-order valence-electron chi connectivity index (χ3n) is 3.61. The van der Waals surface area contributed by atoms with Crippen LogP contribution in [0.15, 0.2) is 73.1 Å². The third kappa shape index (κ3) is 2.51. The second-order valence-electron chi connectivity index (χ2n) is 5.06. The lowest BCUT2D eigenvalue weighted by Crippen LogP contribution is -1.94. The minimum atomic E-state index is 0.770. The first-order valence-electron chi connectivity index (χ1n) is 7.32. The van der Waals surface area contributed by atoms with E-state index in [4.69, 9.17) is 0 Å². The van der Waals surface area contributed by atoms with Gasteiger partial charge in [-0.1, -0.05) is 60.7 Å². The number of aromatic nitrogens is 4.